The van der Waals surface area contributed by atoms with Gasteiger partial charge in [-0.2, -0.15) is 11.8 Å². The van der Waals surface area contributed by atoms with E-state index in [0.29, 0.717) is 4.75 Å². The largest absolute Gasteiger partial charge is 0.366 e. The number of nitrogens with zero attached hydrogens (tertiary/aromatic N) is 4. The van der Waals surface area contributed by atoms with Crippen LogP contribution in [0.15, 0.2) is 12.4 Å². The zero-order valence-corrected chi connectivity index (χ0v) is 12.9. The normalized spacial score (nSPS) is 18.3. The monoisotopic (exact) mass is 291 g/mol. The van der Waals surface area contributed by atoms with E-state index in [1.165, 1.54) is 32.1 Å². The molecule has 108 valence electrons. The summed E-state index contributed by atoms with van der Waals surface area (Å²) < 4.78 is 2.32. The third kappa shape index (κ3) is 2.49. The van der Waals surface area contributed by atoms with E-state index in [2.05, 4.69) is 26.8 Å². The quantitative estimate of drug-likeness (QED) is 0.938. The van der Waals surface area contributed by atoms with E-state index in [-0.39, 0.29) is 0 Å². The van der Waals surface area contributed by atoms with Crippen molar-refractivity contribution in [3.05, 3.63) is 18.2 Å². The van der Waals surface area contributed by atoms with Crippen LogP contribution < -0.4 is 5.32 Å². The summed E-state index contributed by atoms with van der Waals surface area (Å²) >= 11 is 1.99. The second-order valence-corrected chi connectivity index (χ2v) is 6.79. The van der Waals surface area contributed by atoms with Crippen LogP contribution in [0.4, 0.5) is 5.82 Å². The molecule has 1 N–H and O–H groups in total. The smallest absolute Gasteiger partial charge is 0.203 e. The Hall–Kier alpha value is -1.30. The topological polar surface area (TPSA) is 55.1 Å². The number of aryl methyl sites for hydroxylation is 1. The van der Waals surface area contributed by atoms with Crippen LogP contribution in [-0.2, 0) is 0 Å². The van der Waals surface area contributed by atoms with E-state index in [0.717, 1.165) is 23.8 Å². The predicted molar refractivity (Wildman–Crippen MR) is 83.3 cm³/mol. The molecule has 1 aliphatic rings. The molecule has 2 aromatic heterocycles. The molecule has 20 heavy (non-hydrogen) atoms. The number of fused-ring (bicyclic) bond motifs is 1. The fourth-order valence-electron chi connectivity index (χ4n) is 2.96. The third-order valence-corrected chi connectivity index (χ3v) is 5.69. The Labute approximate surface area is 123 Å². The predicted octanol–water partition coefficient (Wildman–Crippen LogP) is 2.91. The summed E-state index contributed by atoms with van der Waals surface area (Å²) in [6.45, 7) is 2.90. The Balaban J connectivity index is 1.79. The third-order valence-electron chi connectivity index (χ3n) is 4.27. The molecule has 5 nitrogen and oxygen atoms in total. The lowest BCUT2D eigenvalue weighted by atomic mass is 9.88. The molecule has 2 heterocycles. The zero-order valence-electron chi connectivity index (χ0n) is 12.1. The average molecular weight is 291 g/mol. The van der Waals surface area contributed by atoms with Crippen molar-refractivity contribution in [2.24, 2.45) is 0 Å². The van der Waals surface area contributed by atoms with Gasteiger partial charge >= 0.3 is 0 Å². The number of hydrogen-bond acceptors (Lipinski definition) is 5. The molecule has 0 amide bonds. The van der Waals surface area contributed by atoms with Crippen molar-refractivity contribution in [2.75, 3.05) is 18.1 Å². The first-order chi connectivity index (χ1) is 9.74. The minimum Gasteiger partial charge on any atom is -0.366 e. The van der Waals surface area contributed by atoms with Crippen LogP contribution in [0.1, 0.15) is 37.9 Å². The van der Waals surface area contributed by atoms with Crippen molar-refractivity contribution in [1.29, 1.82) is 0 Å². The first-order valence-corrected chi connectivity index (χ1v) is 8.42. The van der Waals surface area contributed by atoms with Gasteiger partial charge in [-0.3, -0.25) is 4.40 Å². The summed E-state index contributed by atoms with van der Waals surface area (Å²) in [7, 11) is 0. The summed E-state index contributed by atoms with van der Waals surface area (Å²) in [6, 6.07) is 0. The summed E-state index contributed by atoms with van der Waals surface area (Å²) in [5, 5.41) is 11.8. The van der Waals surface area contributed by atoms with Crippen LogP contribution in [0.3, 0.4) is 0 Å². The highest BCUT2D eigenvalue weighted by Crippen LogP contribution is 2.38. The maximum absolute atomic E-state index is 4.43. The molecule has 0 aromatic carbocycles. The van der Waals surface area contributed by atoms with Gasteiger partial charge < -0.3 is 5.32 Å². The van der Waals surface area contributed by atoms with Crippen molar-refractivity contribution >= 4 is 23.2 Å². The molecule has 6 heteroatoms. The first-order valence-electron chi connectivity index (χ1n) is 7.19. The van der Waals surface area contributed by atoms with Crippen LogP contribution in [0.5, 0.6) is 0 Å². The standard InChI is InChI=1S/C14H21N5S/c1-11-17-18-13-12(15-8-9-19(11)13)16-10-14(20-2)6-4-3-5-7-14/h8-9H,3-7,10H2,1-2H3,(H,15,16). The van der Waals surface area contributed by atoms with Gasteiger partial charge in [0.15, 0.2) is 5.82 Å². The van der Waals surface area contributed by atoms with Crippen molar-refractivity contribution in [2.45, 2.75) is 43.8 Å². The Morgan fingerprint density at radius 3 is 2.85 bits per heavy atom. The van der Waals surface area contributed by atoms with Crippen LogP contribution in [0.2, 0.25) is 0 Å². The summed E-state index contributed by atoms with van der Waals surface area (Å²) in [6.07, 6.45) is 12.6. The fraction of sp³-hybridized carbons (Fsp3) is 0.643. The molecule has 0 saturated heterocycles. The van der Waals surface area contributed by atoms with Gasteiger partial charge in [-0.25, -0.2) is 4.98 Å². The van der Waals surface area contributed by atoms with E-state index >= 15 is 0 Å². The highest BCUT2D eigenvalue weighted by molar-refractivity contribution is 8.00. The molecule has 2 aromatic rings. The van der Waals surface area contributed by atoms with Crippen molar-refractivity contribution in [1.82, 2.24) is 19.6 Å². The van der Waals surface area contributed by atoms with E-state index in [1.54, 1.807) is 6.20 Å². The lowest BCUT2D eigenvalue weighted by molar-refractivity contribution is 0.411. The first kappa shape index (κ1) is 13.7. The molecule has 1 aliphatic carbocycles. The molecule has 0 atom stereocenters. The average Bonchev–Trinajstić information content (AvgIpc) is 2.88. The molecule has 1 saturated carbocycles. The summed E-state index contributed by atoms with van der Waals surface area (Å²) in [5.41, 5.74) is 0.817. The molecular weight excluding hydrogens is 270 g/mol. The van der Waals surface area contributed by atoms with Crippen LogP contribution in [0.25, 0.3) is 5.65 Å². The van der Waals surface area contributed by atoms with Crippen molar-refractivity contribution in [3.63, 3.8) is 0 Å². The van der Waals surface area contributed by atoms with E-state index in [9.17, 15) is 0 Å². The van der Waals surface area contributed by atoms with Gasteiger partial charge in [-0.05, 0) is 26.0 Å². The van der Waals surface area contributed by atoms with Crippen LogP contribution in [-0.4, -0.2) is 37.1 Å². The fourth-order valence-corrected chi connectivity index (χ4v) is 3.87. The molecule has 0 radical (unpaired) electrons. The van der Waals surface area contributed by atoms with Gasteiger partial charge in [0.1, 0.15) is 5.82 Å². The van der Waals surface area contributed by atoms with Crippen molar-refractivity contribution < 1.29 is 0 Å². The van der Waals surface area contributed by atoms with Crippen LogP contribution >= 0.6 is 11.8 Å². The molecule has 1 fully saturated rings. The number of aromatic nitrogens is 4. The van der Waals surface area contributed by atoms with Gasteiger partial charge in [0.2, 0.25) is 5.65 Å². The highest BCUT2D eigenvalue weighted by atomic mass is 32.2. The molecule has 0 aliphatic heterocycles. The maximum Gasteiger partial charge on any atom is 0.203 e. The van der Waals surface area contributed by atoms with Gasteiger partial charge in [0.05, 0.1) is 0 Å². The van der Waals surface area contributed by atoms with E-state index in [1.807, 2.05) is 29.3 Å². The number of thioether (sulfide) groups is 1. The lowest BCUT2D eigenvalue weighted by Crippen LogP contribution is -2.35. The Morgan fingerprint density at radius 1 is 1.30 bits per heavy atom. The molecule has 3 rings (SSSR count). The van der Waals surface area contributed by atoms with Crippen LogP contribution in [0, 0.1) is 6.92 Å². The summed E-state index contributed by atoms with van der Waals surface area (Å²) in [5.74, 6) is 1.73. The zero-order chi connectivity index (χ0) is 14.0. The number of rotatable bonds is 4. The minimum absolute atomic E-state index is 0.349. The number of nitrogens with one attached hydrogen (secondary N) is 1. The van der Waals surface area contributed by atoms with E-state index in [4.69, 9.17) is 0 Å². The number of hydrogen-bond donors (Lipinski definition) is 1. The SMILES string of the molecule is CSC1(CNc2nccn3c(C)nnc23)CCCCC1. The van der Waals surface area contributed by atoms with Gasteiger partial charge in [0, 0.05) is 23.7 Å². The molecule has 0 spiro atoms. The molecular formula is C14H21N5S. The van der Waals surface area contributed by atoms with E-state index < -0.39 is 0 Å². The Bertz CT molecular complexity index is 588. The minimum atomic E-state index is 0.349. The van der Waals surface area contributed by atoms with Gasteiger partial charge in [-0.1, -0.05) is 19.3 Å². The van der Waals surface area contributed by atoms with Gasteiger partial charge in [-0.15, -0.1) is 10.2 Å². The maximum atomic E-state index is 4.43. The highest BCUT2D eigenvalue weighted by Gasteiger charge is 2.31. The second kappa shape index (κ2) is 5.60. The lowest BCUT2D eigenvalue weighted by Gasteiger charge is -2.36. The Morgan fingerprint density at radius 2 is 2.10 bits per heavy atom. The van der Waals surface area contributed by atoms with Gasteiger partial charge in [0.25, 0.3) is 0 Å². The number of anilines is 1. The summed E-state index contributed by atoms with van der Waals surface area (Å²) in [4.78, 5) is 4.43. The molecule has 0 unspecified atom stereocenters. The Kier molecular flexibility index (Phi) is 3.83. The van der Waals surface area contributed by atoms with Crippen molar-refractivity contribution in [3.8, 4) is 0 Å². The molecule has 0 bridgehead atoms. The second-order valence-electron chi connectivity index (χ2n) is 5.52.